The molecule has 0 aromatic heterocycles. The largest absolute Gasteiger partial charge is 0.358 e. The Bertz CT molecular complexity index is 679. The topological polar surface area (TPSA) is 29.1 Å². The number of hydrogen-bond acceptors (Lipinski definition) is 2. The molecule has 2 aromatic rings. The molecule has 3 heteroatoms. The van der Waals surface area contributed by atoms with E-state index in [-0.39, 0.29) is 11.7 Å². The molecule has 1 unspecified atom stereocenters. The van der Waals surface area contributed by atoms with Gasteiger partial charge in [-0.1, -0.05) is 54.1 Å². The Labute approximate surface area is 129 Å². The van der Waals surface area contributed by atoms with Gasteiger partial charge in [0.25, 0.3) is 0 Å². The molecular formula is C18H16ClNO. The molecule has 1 N–H and O–H groups in total. The molecule has 1 atom stereocenters. The van der Waals surface area contributed by atoms with Crippen molar-refractivity contribution in [2.24, 2.45) is 0 Å². The Morgan fingerprint density at radius 3 is 2.43 bits per heavy atom. The van der Waals surface area contributed by atoms with Crippen LogP contribution in [-0.2, 0) is 4.79 Å². The van der Waals surface area contributed by atoms with Crippen LogP contribution < -0.4 is 5.32 Å². The van der Waals surface area contributed by atoms with E-state index in [1.807, 2.05) is 42.5 Å². The lowest BCUT2D eigenvalue weighted by Crippen LogP contribution is -2.16. The van der Waals surface area contributed by atoms with Crippen LogP contribution in [0.3, 0.4) is 0 Å². The molecule has 1 aliphatic carbocycles. The number of hydrogen-bond donors (Lipinski definition) is 1. The Balaban J connectivity index is 1.80. The van der Waals surface area contributed by atoms with Crippen LogP contribution in [0.1, 0.15) is 24.3 Å². The number of allylic oxidation sites excluding steroid dienone is 2. The van der Waals surface area contributed by atoms with Crippen LogP contribution >= 0.6 is 11.6 Å². The summed E-state index contributed by atoms with van der Waals surface area (Å²) in [5.74, 6) is 0.387. The summed E-state index contributed by atoms with van der Waals surface area (Å²) in [6.45, 7) is 0. The number of carbonyl (C=O) groups excluding carboxylic acids is 1. The number of ketones is 1. The van der Waals surface area contributed by atoms with Crippen molar-refractivity contribution < 1.29 is 4.79 Å². The summed E-state index contributed by atoms with van der Waals surface area (Å²) in [6, 6.07) is 17.7. The van der Waals surface area contributed by atoms with E-state index >= 15 is 0 Å². The van der Waals surface area contributed by atoms with Crippen molar-refractivity contribution in [2.45, 2.75) is 18.8 Å². The molecule has 0 fully saturated rings. The maximum absolute atomic E-state index is 12.0. The number of anilines is 1. The van der Waals surface area contributed by atoms with Gasteiger partial charge in [-0.25, -0.2) is 0 Å². The molecule has 2 aromatic carbocycles. The molecule has 0 saturated heterocycles. The van der Waals surface area contributed by atoms with E-state index < -0.39 is 0 Å². The van der Waals surface area contributed by atoms with Gasteiger partial charge in [0.05, 0.1) is 10.7 Å². The number of nitrogens with one attached hydrogen (secondary N) is 1. The van der Waals surface area contributed by atoms with E-state index in [1.54, 1.807) is 6.08 Å². The second-order valence-electron chi connectivity index (χ2n) is 5.26. The van der Waals surface area contributed by atoms with E-state index in [0.29, 0.717) is 11.4 Å². The van der Waals surface area contributed by atoms with Crippen molar-refractivity contribution in [3.63, 3.8) is 0 Å². The van der Waals surface area contributed by atoms with Crippen molar-refractivity contribution in [1.29, 1.82) is 0 Å². The summed E-state index contributed by atoms with van der Waals surface area (Å²) >= 11 is 6.16. The third-order valence-electron chi connectivity index (χ3n) is 3.69. The molecule has 0 radical (unpaired) electrons. The highest BCUT2D eigenvalue weighted by atomic mass is 35.5. The van der Waals surface area contributed by atoms with E-state index in [9.17, 15) is 4.79 Å². The van der Waals surface area contributed by atoms with Crippen molar-refractivity contribution in [3.8, 4) is 0 Å². The first-order valence-electron chi connectivity index (χ1n) is 7.02. The highest BCUT2D eigenvalue weighted by Gasteiger charge is 2.22. The average molecular weight is 298 g/mol. The Morgan fingerprint density at radius 2 is 1.67 bits per heavy atom. The summed E-state index contributed by atoms with van der Waals surface area (Å²) in [4.78, 5) is 12.0. The normalized spacial score (nSPS) is 18.2. The van der Waals surface area contributed by atoms with Crippen LogP contribution in [0.2, 0.25) is 5.02 Å². The zero-order valence-electron chi connectivity index (χ0n) is 11.6. The monoisotopic (exact) mass is 297 g/mol. The van der Waals surface area contributed by atoms with Crippen LogP contribution in [0.4, 0.5) is 5.69 Å². The first-order valence-corrected chi connectivity index (χ1v) is 7.40. The number of carbonyl (C=O) groups is 1. The zero-order chi connectivity index (χ0) is 14.7. The van der Waals surface area contributed by atoms with Crippen LogP contribution in [0.5, 0.6) is 0 Å². The summed E-state index contributed by atoms with van der Waals surface area (Å²) in [5, 5.41) is 3.95. The molecule has 1 aliphatic rings. The molecule has 0 amide bonds. The smallest absolute Gasteiger partial charge is 0.158 e. The highest BCUT2D eigenvalue weighted by molar-refractivity contribution is 6.33. The van der Waals surface area contributed by atoms with Gasteiger partial charge in [0.1, 0.15) is 0 Å². The third-order valence-corrected chi connectivity index (χ3v) is 4.02. The molecular weight excluding hydrogens is 282 g/mol. The van der Waals surface area contributed by atoms with E-state index in [0.717, 1.165) is 17.8 Å². The van der Waals surface area contributed by atoms with Crippen molar-refractivity contribution in [3.05, 3.63) is 77.0 Å². The predicted octanol–water partition coefficient (Wildman–Crippen LogP) is 4.78. The molecule has 2 nitrogen and oxygen atoms in total. The Morgan fingerprint density at radius 1 is 0.952 bits per heavy atom. The zero-order valence-corrected chi connectivity index (χ0v) is 12.3. The lowest BCUT2D eigenvalue weighted by Gasteiger charge is -2.23. The molecule has 0 spiro atoms. The molecule has 0 saturated carbocycles. The lowest BCUT2D eigenvalue weighted by molar-refractivity contribution is -0.115. The fourth-order valence-corrected chi connectivity index (χ4v) is 2.86. The molecule has 0 heterocycles. The minimum atomic E-state index is 0.157. The SMILES string of the molecule is O=C1C=C(Nc2ccccc2Cl)CC(c2ccccc2)C1. The van der Waals surface area contributed by atoms with Gasteiger partial charge in [0.15, 0.2) is 5.78 Å². The van der Waals surface area contributed by atoms with Gasteiger partial charge in [0, 0.05) is 18.2 Å². The number of halogens is 1. The summed E-state index contributed by atoms with van der Waals surface area (Å²) in [7, 11) is 0. The minimum Gasteiger partial charge on any atom is -0.358 e. The molecule has 21 heavy (non-hydrogen) atoms. The van der Waals surface area contributed by atoms with Crippen LogP contribution in [0.25, 0.3) is 0 Å². The predicted molar refractivity (Wildman–Crippen MR) is 86.6 cm³/mol. The van der Waals surface area contributed by atoms with Gasteiger partial charge in [-0.2, -0.15) is 0 Å². The quantitative estimate of drug-likeness (QED) is 0.883. The number of rotatable bonds is 3. The number of para-hydroxylation sites is 1. The molecule has 0 aliphatic heterocycles. The molecule has 0 bridgehead atoms. The van der Waals surface area contributed by atoms with Crippen molar-refractivity contribution in [2.75, 3.05) is 5.32 Å². The maximum Gasteiger partial charge on any atom is 0.158 e. The van der Waals surface area contributed by atoms with Gasteiger partial charge in [0.2, 0.25) is 0 Å². The van der Waals surface area contributed by atoms with Gasteiger partial charge in [-0.3, -0.25) is 4.79 Å². The van der Waals surface area contributed by atoms with E-state index in [2.05, 4.69) is 17.4 Å². The molecule has 106 valence electrons. The first kappa shape index (κ1) is 13.9. The van der Waals surface area contributed by atoms with Crippen LogP contribution in [-0.4, -0.2) is 5.78 Å². The molecule has 3 rings (SSSR count). The second-order valence-corrected chi connectivity index (χ2v) is 5.66. The maximum atomic E-state index is 12.0. The third kappa shape index (κ3) is 3.34. The average Bonchev–Trinajstić information content (AvgIpc) is 2.50. The fourth-order valence-electron chi connectivity index (χ4n) is 2.68. The fraction of sp³-hybridized carbons (Fsp3) is 0.167. The summed E-state index contributed by atoms with van der Waals surface area (Å²) in [6.07, 6.45) is 3.08. The number of benzene rings is 2. The Kier molecular flexibility index (Phi) is 4.07. The van der Waals surface area contributed by atoms with Gasteiger partial charge in [-0.15, -0.1) is 0 Å². The summed E-state index contributed by atoms with van der Waals surface area (Å²) < 4.78 is 0. The summed E-state index contributed by atoms with van der Waals surface area (Å²) in [5.41, 5.74) is 2.97. The van der Waals surface area contributed by atoms with Gasteiger partial charge in [-0.05, 0) is 30.0 Å². The first-order chi connectivity index (χ1) is 10.2. The minimum absolute atomic E-state index is 0.157. The van der Waals surface area contributed by atoms with Gasteiger partial charge >= 0.3 is 0 Å². The van der Waals surface area contributed by atoms with Crippen molar-refractivity contribution in [1.82, 2.24) is 0 Å². The van der Waals surface area contributed by atoms with Crippen molar-refractivity contribution >= 4 is 23.1 Å². The van der Waals surface area contributed by atoms with Crippen LogP contribution in [0.15, 0.2) is 66.4 Å². The van der Waals surface area contributed by atoms with E-state index in [4.69, 9.17) is 11.6 Å². The van der Waals surface area contributed by atoms with Gasteiger partial charge < -0.3 is 5.32 Å². The lowest BCUT2D eigenvalue weighted by atomic mass is 9.85. The highest BCUT2D eigenvalue weighted by Crippen LogP contribution is 2.33. The van der Waals surface area contributed by atoms with E-state index in [1.165, 1.54) is 5.56 Å². The second kappa shape index (κ2) is 6.15. The van der Waals surface area contributed by atoms with Crippen LogP contribution in [0, 0.1) is 0 Å². The Hall–Kier alpha value is -2.06. The standard InChI is InChI=1S/C18H16ClNO/c19-17-8-4-5-9-18(17)20-15-10-14(11-16(21)12-15)13-6-2-1-3-7-13/h1-9,12,14,20H,10-11H2.